The van der Waals surface area contributed by atoms with Gasteiger partial charge in [0, 0.05) is 30.8 Å². The zero-order valence-electron chi connectivity index (χ0n) is 23.6. The van der Waals surface area contributed by atoms with Crippen LogP contribution >= 0.6 is 0 Å². The number of hydrogen-bond acceptors (Lipinski definition) is 5. The van der Waals surface area contributed by atoms with Crippen molar-refractivity contribution in [3.63, 3.8) is 0 Å². The van der Waals surface area contributed by atoms with Gasteiger partial charge >= 0.3 is 0 Å². The van der Waals surface area contributed by atoms with Gasteiger partial charge in [0.15, 0.2) is 0 Å². The maximum absolute atomic E-state index is 10.1. The number of hydrogen-bond donors (Lipinski definition) is 0. The molecule has 1 fully saturated rings. The molecule has 1 aliphatic rings. The predicted octanol–water partition coefficient (Wildman–Crippen LogP) is 7.60. The number of morpholine rings is 1. The second-order valence-corrected chi connectivity index (χ2v) is 10.7. The standard InChI is InChI=1S/C30H36N2O3.C2H6/c1-29(2,3)34-16-13-30(4,5)35-28-8-6-7-26(27(28)21-31)24-10-9-23-20-25(12-11-22(23)19-24)32-14-17-33-18-15-32;1-2/h6-12,19-20H,13-18H2,1-5H3;1-2H3. The van der Waals surface area contributed by atoms with Crippen LogP contribution in [-0.2, 0) is 9.47 Å². The summed E-state index contributed by atoms with van der Waals surface area (Å²) in [5.74, 6) is 0.605. The summed E-state index contributed by atoms with van der Waals surface area (Å²) in [4.78, 5) is 2.36. The highest BCUT2D eigenvalue weighted by Crippen LogP contribution is 2.35. The third-order valence-electron chi connectivity index (χ3n) is 6.27. The van der Waals surface area contributed by atoms with E-state index in [0.29, 0.717) is 17.9 Å². The summed E-state index contributed by atoms with van der Waals surface area (Å²) < 4.78 is 17.7. The average Bonchev–Trinajstić information content (AvgIpc) is 2.88. The molecule has 0 amide bonds. The van der Waals surface area contributed by atoms with E-state index >= 15 is 0 Å². The number of nitriles is 1. The Morgan fingerprint density at radius 2 is 1.59 bits per heavy atom. The van der Waals surface area contributed by atoms with Gasteiger partial charge in [-0.25, -0.2) is 0 Å². The number of rotatable bonds is 7. The Balaban J connectivity index is 0.00000186. The van der Waals surface area contributed by atoms with Gasteiger partial charge in [-0.2, -0.15) is 5.26 Å². The lowest BCUT2D eigenvalue weighted by molar-refractivity contribution is -0.0293. The number of benzene rings is 3. The van der Waals surface area contributed by atoms with Crippen LogP contribution in [0.15, 0.2) is 54.6 Å². The van der Waals surface area contributed by atoms with Crippen molar-refractivity contribution in [1.29, 1.82) is 5.26 Å². The van der Waals surface area contributed by atoms with Crippen LogP contribution in [-0.4, -0.2) is 44.1 Å². The van der Waals surface area contributed by atoms with E-state index < -0.39 is 5.60 Å². The molecule has 0 spiro atoms. The van der Waals surface area contributed by atoms with E-state index in [0.717, 1.165) is 49.2 Å². The van der Waals surface area contributed by atoms with E-state index in [2.05, 4.69) is 47.4 Å². The first-order chi connectivity index (χ1) is 17.6. The minimum Gasteiger partial charge on any atom is -0.486 e. The maximum atomic E-state index is 10.1. The summed E-state index contributed by atoms with van der Waals surface area (Å²) in [5.41, 5.74) is 3.01. The molecule has 0 unspecified atom stereocenters. The Bertz CT molecular complexity index is 1210. The molecule has 0 bridgehead atoms. The summed E-state index contributed by atoms with van der Waals surface area (Å²) in [6, 6.07) is 21.2. The topological polar surface area (TPSA) is 54.7 Å². The van der Waals surface area contributed by atoms with Gasteiger partial charge < -0.3 is 19.1 Å². The van der Waals surface area contributed by atoms with Gasteiger partial charge in [-0.3, -0.25) is 0 Å². The zero-order chi connectivity index (χ0) is 27.1. The molecule has 5 nitrogen and oxygen atoms in total. The Morgan fingerprint density at radius 3 is 2.27 bits per heavy atom. The Morgan fingerprint density at radius 1 is 0.919 bits per heavy atom. The second-order valence-electron chi connectivity index (χ2n) is 10.7. The minimum absolute atomic E-state index is 0.188. The fourth-order valence-corrected chi connectivity index (χ4v) is 4.34. The first kappa shape index (κ1) is 28.5. The first-order valence-electron chi connectivity index (χ1n) is 13.4. The summed E-state index contributed by atoms with van der Waals surface area (Å²) in [7, 11) is 0. The van der Waals surface area contributed by atoms with Crippen LogP contribution in [0.5, 0.6) is 5.75 Å². The number of anilines is 1. The van der Waals surface area contributed by atoms with Crippen molar-refractivity contribution in [1.82, 2.24) is 0 Å². The van der Waals surface area contributed by atoms with Crippen molar-refractivity contribution in [2.75, 3.05) is 37.8 Å². The van der Waals surface area contributed by atoms with E-state index in [1.165, 1.54) is 11.1 Å². The summed E-state index contributed by atoms with van der Waals surface area (Å²) in [6.45, 7) is 18.2. The third-order valence-corrected chi connectivity index (χ3v) is 6.27. The maximum Gasteiger partial charge on any atom is 0.138 e. The van der Waals surface area contributed by atoms with Crippen LogP contribution in [0.1, 0.15) is 60.5 Å². The molecule has 37 heavy (non-hydrogen) atoms. The molecular formula is C32H42N2O3. The molecule has 4 rings (SSSR count). The van der Waals surface area contributed by atoms with Gasteiger partial charge in [-0.1, -0.05) is 44.2 Å². The summed E-state index contributed by atoms with van der Waals surface area (Å²) in [5, 5.41) is 12.4. The quantitative estimate of drug-likeness (QED) is 0.333. The van der Waals surface area contributed by atoms with Gasteiger partial charge in [0.1, 0.15) is 23.0 Å². The van der Waals surface area contributed by atoms with Crippen LogP contribution in [0, 0.1) is 11.3 Å². The fraction of sp³-hybridized carbons (Fsp3) is 0.469. The molecule has 0 N–H and O–H groups in total. The molecule has 3 aromatic rings. The minimum atomic E-state index is -0.464. The van der Waals surface area contributed by atoms with Crippen LogP contribution in [0.25, 0.3) is 21.9 Å². The van der Waals surface area contributed by atoms with Gasteiger partial charge in [-0.15, -0.1) is 0 Å². The monoisotopic (exact) mass is 502 g/mol. The van der Waals surface area contributed by atoms with Gasteiger partial charge in [0.05, 0.1) is 25.4 Å². The molecule has 198 valence electrons. The largest absolute Gasteiger partial charge is 0.486 e. The van der Waals surface area contributed by atoms with E-state index in [1.807, 2.05) is 66.7 Å². The Hall–Kier alpha value is -3.07. The summed E-state index contributed by atoms with van der Waals surface area (Å²) >= 11 is 0. The molecule has 0 aliphatic carbocycles. The molecule has 1 aliphatic heterocycles. The molecule has 1 heterocycles. The SMILES string of the molecule is CC.CC(C)(C)OCCC(C)(C)Oc1cccc(-c2ccc3cc(N4CCOCC4)ccc3c2)c1C#N. The van der Waals surface area contributed by atoms with Crippen molar-refractivity contribution >= 4 is 16.5 Å². The number of ether oxygens (including phenoxy) is 3. The van der Waals surface area contributed by atoms with Crippen molar-refractivity contribution in [3.8, 4) is 22.9 Å². The van der Waals surface area contributed by atoms with E-state index in [4.69, 9.17) is 14.2 Å². The normalized spacial score (nSPS) is 14.1. The molecule has 1 saturated heterocycles. The molecule has 0 atom stereocenters. The van der Waals surface area contributed by atoms with Crippen LogP contribution in [0.4, 0.5) is 5.69 Å². The smallest absolute Gasteiger partial charge is 0.138 e. The molecule has 0 aromatic heterocycles. The highest BCUT2D eigenvalue weighted by atomic mass is 16.5. The van der Waals surface area contributed by atoms with Gasteiger partial charge in [0.25, 0.3) is 0 Å². The second kappa shape index (κ2) is 12.4. The van der Waals surface area contributed by atoms with E-state index in [9.17, 15) is 5.26 Å². The lowest BCUT2D eigenvalue weighted by Gasteiger charge is -2.29. The first-order valence-corrected chi connectivity index (χ1v) is 13.4. The average molecular weight is 503 g/mol. The Kier molecular flexibility index (Phi) is 9.59. The lowest BCUT2D eigenvalue weighted by atomic mass is 9.96. The Labute approximate surface area is 223 Å². The molecule has 0 radical (unpaired) electrons. The van der Waals surface area contributed by atoms with E-state index in [1.54, 1.807) is 0 Å². The predicted molar refractivity (Wildman–Crippen MR) is 154 cm³/mol. The van der Waals surface area contributed by atoms with E-state index in [-0.39, 0.29) is 5.60 Å². The van der Waals surface area contributed by atoms with Crippen molar-refractivity contribution in [3.05, 3.63) is 60.2 Å². The zero-order valence-corrected chi connectivity index (χ0v) is 23.6. The highest BCUT2D eigenvalue weighted by Gasteiger charge is 2.24. The molecule has 0 saturated carbocycles. The third kappa shape index (κ3) is 7.71. The van der Waals surface area contributed by atoms with Crippen LogP contribution < -0.4 is 9.64 Å². The number of nitrogens with zero attached hydrogens (tertiary/aromatic N) is 2. The molecule has 3 aromatic carbocycles. The van der Waals surface area contributed by atoms with Crippen molar-refractivity contribution in [2.45, 2.75) is 66.1 Å². The van der Waals surface area contributed by atoms with Crippen LogP contribution in [0.3, 0.4) is 0 Å². The molecular weight excluding hydrogens is 460 g/mol. The van der Waals surface area contributed by atoms with Crippen molar-refractivity contribution < 1.29 is 14.2 Å². The molecule has 5 heteroatoms. The summed E-state index contributed by atoms with van der Waals surface area (Å²) in [6.07, 6.45) is 0.723. The fourth-order valence-electron chi connectivity index (χ4n) is 4.34. The van der Waals surface area contributed by atoms with Gasteiger partial charge in [0.2, 0.25) is 0 Å². The lowest BCUT2D eigenvalue weighted by Crippen LogP contribution is -2.36. The van der Waals surface area contributed by atoms with Crippen LogP contribution in [0.2, 0.25) is 0 Å². The van der Waals surface area contributed by atoms with Gasteiger partial charge in [-0.05, 0) is 75.2 Å². The highest BCUT2D eigenvalue weighted by molar-refractivity contribution is 5.91. The van der Waals surface area contributed by atoms with Crippen molar-refractivity contribution in [2.24, 2.45) is 0 Å². The number of fused-ring (bicyclic) bond motifs is 1.